The van der Waals surface area contributed by atoms with Gasteiger partial charge in [0.05, 0.1) is 23.7 Å². The molecule has 2 aliphatic heterocycles. The number of aromatic amines is 1. The second-order valence-corrected chi connectivity index (χ2v) is 12.5. The van der Waals surface area contributed by atoms with Crippen LogP contribution < -0.4 is 20.4 Å². The third-order valence-corrected chi connectivity index (χ3v) is 10.3. The van der Waals surface area contributed by atoms with E-state index in [0.717, 1.165) is 81.1 Å². The van der Waals surface area contributed by atoms with Crippen LogP contribution in [0.5, 0.6) is 0 Å². The molecule has 9 heteroatoms. The van der Waals surface area contributed by atoms with E-state index in [1.54, 1.807) is 0 Å². The van der Waals surface area contributed by atoms with Gasteiger partial charge in [-0.25, -0.2) is 9.97 Å². The number of H-pyrrole nitrogens is 1. The van der Waals surface area contributed by atoms with Crippen LogP contribution in [0.25, 0.3) is 11.2 Å². The van der Waals surface area contributed by atoms with Crippen molar-refractivity contribution in [2.24, 2.45) is 11.1 Å². The minimum absolute atomic E-state index is 0.113. The number of methoxy groups -OCH3 is 1. The summed E-state index contributed by atoms with van der Waals surface area (Å²) < 4.78 is 5.57. The van der Waals surface area contributed by atoms with Gasteiger partial charge in [0.2, 0.25) is 0 Å². The van der Waals surface area contributed by atoms with Crippen molar-refractivity contribution < 1.29 is 4.74 Å². The molecule has 2 aromatic heterocycles. The summed E-state index contributed by atoms with van der Waals surface area (Å²) in [5.74, 6) is 1.75. The molecule has 1 saturated carbocycles. The summed E-state index contributed by atoms with van der Waals surface area (Å²) in [6.07, 6.45) is 7.66. The van der Waals surface area contributed by atoms with Gasteiger partial charge in [-0.2, -0.15) is 5.10 Å². The van der Waals surface area contributed by atoms with Gasteiger partial charge in [0.15, 0.2) is 17.0 Å². The van der Waals surface area contributed by atoms with Crippen LogP contribution in [0.1, 0.15) is 48.4 Å². The Balaban J connectivity index is 1.03. The molecule has 0 radical (unpaired) electrons. The lowest BCUT2D eigenvalue weighted by Crippen LogP contribution is -2.52. The number of aryl methyl sites for hydroxylation is 1. The van der Waals surface area contributed by atoms with E-state index in [2.05, 4.69) is 69.2 Å². The zero-order valence-electron chi connectivity index (χ0n) is 23.9. The number of hydrogen-bond acceptors (Lipinski definition) is 8. The van der Waals surface area contributed by atoms with Gasteiger partial charge in [0.1, 0.15) is 5.82 Å². The maximum absolute atomic E-state index is 6.81. The second kappa shape index (κ2) is 9.42. The number of ether oxygens (including phenoxy) is 1. The van der Waals surface area contributed by atoms with E-state index in [9.17, 15) is 0 Å². The molecule has 2 fully saturated rings. The van der Waals surface area contributed by atoms with Gasteiger partial charge in [-0.1, -0.05) is 30.3 Å². The SMILES string of the molecule is COC1CC(N2CCN(c3n[nH]c4nc(N5CCC6(CC5)Cc5ccccc5C6N)cnc34)c3ccc(C)cc32)C1. The van der Waals surface area contributed by atoms with Crippen molar-refractivity contribution in [3.8, 4) is 0 Å². The summed E-state index contributed by atoms with van der Waals surface area (Å²) in [5, 5.41) is 7.95. The first-order valence-corrected chi connectivity index (χ1v) is 15.0. The molecule has 8 rings (SSSR count). The number of nitrogens with two attached hydrogens (primary N) is 1. The van der Waals surface area contributed by atoms with Crippen molar-refractivity contribution in [1.82, 2.24) is 20.2 Å². The summed E-state index contributed by atoms with van der Waals surface area (Å²) in [6, 6.07) is 16.0. The molecule has 0 amide bonds. The number of aromatic nitrogens is 4. The molecular formula is C32H38N8O. The fraction of sp³-hybridized carbons (Fsp3) is 0.469. The summed E-state index contributed by atoms with van der Waals surface area (Å²) in [4.78, 5) is 17.1. The first-order chi connectivity index (χ1) is 20.0. The second-order valence-electron chi connectivity index (χ2n) is 12.5. The van der Waals surface area contributed by atoms with Crippen molar-refractivity contribution in [1.29, 1.82) is 0 Å². The van der Waals surface area contributed by atoms with Crippen LogP contribution in [0.15, 0.2) is 48.7 Å². The molecule has 3 N–H and O–H groups in total. The Morgan fingerprint density at radius 2 is 1.85 bits per heavy atom. The topological polar surface area (TPSA) is 99.4 Å². The highest BCUT2D eigenvalue weighted by atomic mass is 16.5. The number of hydrogen-bond donors (Lipinski definition) is 2. The smallest absolute Gasteiger partial charge is 0.183 e. The Morgan fingerprint density at radius 1 is 1.02 bits per heavy atom. The molecular weight excluding hydrogens is 512 g/mol. The number of nitrogens with zero attached hydrogens (tertiary/aromatic N) is 6. The third-order valence-electron chi connectivity index (χ3n) is 10.3. The first kappa shape index (κ1) is 25.1. The fourth-order valence-corrected chi connectivity index (χ4v) is 7.73. The molecule has 1 unspecified atom stereocenters. The molecule has 2 aromatic carbocycles. The fourth-order valence-electron chi connectivity index (χ4n) is 7.73. The van der Waals surface area contributed by atoms with Gasteiger partial charge < -0.3 is 25.2 Å². The van der Waals surface area contributed by atoms with E-state index >= 15 is 0 Å². The van der Waals surface area contributed by atoms with E-state index in [4.69, 9.17) is 25.5 Å². The zero-order chi connectivity index (χ0) is 27.7. The molecule has 0 bridgehead atoms. The molecule has 1 spiro atoms. The summed E-state index contributed by atoms with van der Waals surface area (Å²) in [6.45, 7) is 5.82. The Labute approximate surface area is 240 Å². The Kier molecular flexibility index (Phi) is 5.76. The maximum Gasteiger partial charge on any atom is 0.183 e. The molecule has 2 aliphatic carbocycles. The summed E-state index contributed by atoms with van der Waals surface area (Å²) >= 11 is 0. The highest BCUT2D eigenvalue weighted by Crippen LogP contribution is 2.51. The number of rotatable bonds is 4. The maximum atomic E-state index is 6.81. The average Bonchev–Trinajstić information content (AvgIpc) is 3.51. The largest absolute Gasteiger partial charge is 0.381 e. The molecule has 4 heterocycles. The lowest BCUT2D eigenvalue weighted by Gasteiger charge is -2.47. The van der Waals surface area contributed by atoms with E-state index in [1.807, 2.05) is 13.3 Å². The molecule has 1 saturated heterocycles. The van der Waals surface area contributed by atoms with Crippen molar-refractivity contribution in [3.63, 3.8) is 0 Å². The van der Waals surface area contributed by atoms with Crippen molar-refractivity contribution in [2.75, 3.05) is 48.0 Å². The van der Waals surface area contributed by atoms with Crippen LogP contribution in [-0.2, 0) is 11.2 Å². The standard InChI is InChI=1S/C32H38N8O/c1-20-7-8-25-26(15-20)39(22-16-23(17-22)41-2)13-14-40(25)31-28-30(36-37-31)35-27(19-34-28)38-11-9-32(10-12-38)18-21-5-3-4-6-24(21)29(32)33/h3-8,15,19,22-23,29H,9-14,16-18,33H2,1-2H3,(H,35,36,37). The Bertz CT molecular complexity index is 1600. The third kappa shape index (κ3) is 3.93. The van der Waals surface area contributed by atoms with Crippen LogP contribution in [-0.4, -0.2) is 65.6 Å². The normalized spacial score (nSPS) is 25.0. The van der Waals surface area contributed by atoms with Gasteiger partial charge in [-0.3, -0.25) is 5.10 Å². The number of fused-ring (bicyclic) bond motifs is 3. The average molecular weight is 551 g/mol. The number of anilines is 4. The van der Waals surface area contributed by atoms with Crippen molar-refractivity contribution in [2.45, 2.75) is 57.2 Å². The molecule has 9 nitrogen and oxygen atoms in total. The summed E-state index contributed by atoms with van der Waals surface area (Å²) in [7, 11) is 1.82. The minimum Gasteiger partial charge on any atom is -0.381 e. The zero-order valence-corrected chi connectivity index (χ0v) is 23.9. The van der Waals surface area contributed by atoms with Gasteiger partial charge in [-0.15, -0.1) is 0 Å². The lowest BCUT2D eigenvalue weighted by atomic mass is 9.73. The van der Waals surface area contributed by atoms with Gasteiger partial charge in [0.25, 0.3) is 0 Å². The molecule has 4 aliphatic rings. The van der Waals surface area contributed by atoms with Crippen LogP contribution in [0.2, 0.25) is 0 Å². The number of nitrogens with one attached hydrogen (secondary N) is 1. The van der Waals surface area contributed by atoms with Crippen molar-refractivity contribution in [3.05, 3.63) is 65.4 Å². The summed E-state index contributed by atoms with van der Waals surface area (Å²) in [5.41, 5.74) is 15.0. The van der Waals surface area contributed by atoms with Gasteiger partial charge >= 0.3 is 0 Å². The van der Waals surface area contributed by atoms with E-state index in [0.29, 0.717) is 12.1 Å². The highest BCUT2D eigenvalue weighted by Gasteiger charge is 2.46. The number of piperidine rings is 1. The van der Waals surface area contributed by atoms with Gasteiger partial charge in [0, 0.05) is 45.4 Å². The van der Waals surface area contributed by atoms with Crippen LogP contribution in [0.3, 0.4) is 0 Å². The Hall–Kier alpha value is -3.69. The van der Waals surface area contributed by atoms with Crippen LogP contribution in [0, 0.1) is 12.3 Å². The molecule has 41 heavy (non-hydrogen) atoms. The molecule has 1 atom stereocenters. The van der Waals surface area contributed by atoms with Gasteiger partial charge in [-0.05, 0) is 73.3 Å². The predicted octanol–water partition coefficient (Wildman–Crippen LogP) is 4.64. The predicted molar refractivity (Wildman–Crippen MR) is 162 cm³/mol. The van der Waals surface area contributed by atoms with E-state index < -0.39 is 0 Å². The van der Waals surface area contributed by atoms with Crippen molar-refractivity contribution >= 4 is 34.2 Å². The first-order valence-electron chi connectivity index (χ1n) is 15.0. The van der Waals surface area contributed by atoms with Crippen LogP contribution >= 0.6 is 0 Å². The van der Waals surface area contributed by atoms with Crippen LogP contribution in [0.4, 0.5) is 23.0 Å². The lowest BCUT2D eigenvalue weighted by molar-refractivity contribution is 0.0253. The van der Waals surface area contributed by atoms with E-state index in [-0.39, 0.29) is 11.5 Å². The monoisotopic (exact) mass is 550 g/mol. The number of benzene rings is 2. The Morgan fingerprint density at radius 3 is 2.66 bits per heavy atom. The molecule has 212 valence electrons. The quantitative estimate of drug-likeness (QED) is 0.379. The van der Waals surface area contributed by atoms with E-state index in [1.165, 1.54) is 28.1 Å². The highest BCUT2D eigenvalue weighted by molar-refractivity contribution is 5.90. The minimum atomic E-state index is 0.113. The molecule has 4 aromatic rings.